The number of nitrogens with zero attached hydrogens (tertiary/aromatic N) is 4. The zero-order valence-corrected chi connectivity index (χ0v) is 15.0. The Morgan fingerprint density at radius 2 is 1.85 bits per heavy atom. The van der Waals surface area contributed by atoms with Gasteiger partial charge in [0.05, 0.1) is 6.20 Å². The molecule has 1 amide bonds. The van der Waals surface area contributed by atoms with Crippen molar-refractivity contribution in [2.75, 3.05) is 24.5 Å². The van der Waals surface area contributed by atoms with Crippen LogP contribution in [0, 0.1) is 5.92 Å². The number of anilines is 1. The van der Waals surface area contributed by atoms with E-state index in [1.54, 1.807) is 23.5 Å². The number of fused-ring (bicyclic) bond motifs is 1. The molecular weight excluding hydrogens is 344 g/mol. The molecular formula is C20H22N4O3. The number of carboxylic acids is 1. The lowest BCUT2D eigenvalue weighted by Gasteiger charge is -2.39. The molecule has 0 spiro atoms. The van der Waals surface area contributed by atoms with Crippen molar-refractivity contribution in [3.05, 3.63) is 54.0 Å². The summed E-state index contributed by atoms with van der Waals surface area (Å²) in [6.07, 6.45) is 7.11. The van der Waals surface area contributed by atoms with E-state index < -0.39 is 12.0 Å². The largest absolute Gasteiger partial charge is 0.479 e. The Morgan fingerprint density at radius 1 is 1.07 bits per heavy atom. The van der Waals surface area contributed by atoms with Gasteiger partial charge in [-0.3, -0.25) is 9.78 Å². The van der Waals surface area contributed by atoms with E-state index in [0.717, 1.165) is 30.0 Å². The molecule has 140 valence electrons. The Kier molecular flexibility index (Phi) is 4.75. The molecule has 0 bridgehead atoms. The van der Waals surface area contributed by atoms with Gasteiger partial charge in [-0.25, -0.2) is 9.78 Å². The molecule has 27 heavy (non-hydrogen) atoms. The minimum Gasteiger partial charge on any atom is -0.479 e. The number of rotatable bonds is 3. The third kappa shape index (κ3) is 3.37. The summed E-state index contributed by atoms with van der Waals surface area (Å²) in [6.45, 7) is 1.89. The average Bonchev–Trinajstić information content (AvgIpc) is 2.73. The molecule has 4 rings (SSSR count). The highest BCUT2D eigenvalue weighted by molar-refractivity contribution is 5.87. The molecule has 1 aromatic heterocycles. The molecule has 0 radical (unpaired) electrons. The number of hydrogen-bond donors (Lipinski definition) is 1. The molecule has 0 aliphatic carbocycles. The summed E-state index contributed by atoms with van der Waals surface area (Å²) in [7, 11) is 0. The Labute approximate surface area is 157 Å². The van der Waals surface area contributed by atoms with E-state index in [9.17, 15) is 14.7 Å². The van der Waals surface area contributed by atoms with E-state index in [0.29, 0.717) is 25.8 Å². The Hall–Kier alpha value is -2.96. The van der Waals surface area contributed by atoms with Crippen molar-refractivity contribution in [2.45, 2.75) is 25.3 Å². The first-order valence-corrected chi connectivity index (χ1v) is 9.27. The number of benzene rings is 1. The summed E-state index contributed by atoms with van der Waals surface area (Å²) < 4.78 is 0. The fourth-order valence-electron chi connectivity index (χ4n) is 4.11. The summed E-state index contributed by atoms with van der Waals surface area (Å²) in [5, 5.41) is 9.78. The van der Waals surface area contributed by atoms with Crippen molar-refractivity contribution < 1.29 is 14.7 Å². The second-order valence-electron chi connectivity index (χ2n) is 7.05. The third-order valence-electron chi connectivity index (χ3n) is 5.52. The van der Waals surface area contributed by atoms with E-state index in [2.05, 4.69) is 14.9 Å². The Morgan fingerprint density at radius 3 is 2.56 bits per heavy atom. The molecule has 3 heterocycles. The zero-order valence-electron chi connectivity index (χ0n) is 15.0. The molecule has 2 aromatic rings. The zero-order chi connectivity index (χ0) is 18.8. The van der Waals surface area contributed by atoms with Gasteiger partial charge in [0.25, 0.3) is 0 Å². The number of aliphatic carboxylic acids is 1. The molecule has 1 atom stereocenters. The molecule has 1 N–H and O–H groups in total. The first-order valence-electron chi connectivity index (χ1n) is 9.27. The van der Waals surface area contributed by atoms with Gasteiger partial charge in [0.1, 0.15) is 5.82 Å². The predicted octanol–water partition coefficient (Wildman–Crippen LogP) is 1.90. The fraction of sp³-hybridized carbons (Fsp3) is 0.400. The van der Waals surface area contributed by atoms with E-state index in [4.69, 9.17) is 0 Å². The predicted molar refractivity (Wildman–Crippen MR) is 99.2 cm³/mol. The molecule has 1 aromatic carbocycles. The van der Waals surface area contributed by atoms with Gasteiger partial charge in [-0.1, -0.05) is 24.3 Å². The average molecular weight is 366 g/mol. The first kappa shape index (κ1) is 17.5. The van der Waals surface area contributed by atoms with E-state index in [1.165, 1.54) is 0 Å². The highest BCUT2D eigenvalue weighted by Crippen LogP contribution is 2.33. The second kappa shape index (κ2) is 7.34. The third-order valence-corrected chi connectivity index (χ3v) is 5.52. The maximum absolute atomic E-state index is 13.1. The summed E-state index contributed by atoms with van der Waals surface area (Å²) in [4.78, 5) is 37.2. The smallest absolute Gasteiger partial charge is 0.331 e. The highest BCUT2D eigenvalue weighted by Gasteiger charge is 2.39. The van der Waals surface area contributed by atoms with Crippen molar-refractivity contribution >= 4 is 17.7 Å². The van der Waals surface area contributed by atoms with Gasteiger partial charge in [-0.05, 0) is 30.4 Å². The van der Waals surface area contributed by atoms with E-state index in [1.807, 2.05) is 24.3 Å². The monoisotopic (exact) mass is 366 g/mol. The van der Waals surface area contributed by atoms with Crippen LogP contribution in [0.25, 0.3) is 0 Å². The van der Waals surface area contributed by atoms with Crippen LogP contribution in [-0.2, 0) is 16.0 Å². The van der Waals surface area contributed by atoms with Crippen LogP contribution in [0.15, 0.2) is 42.9 Å². The van der Waals surface area contributed by atoms with Gasteiger partial charge >= 0.3 is 5.97 Å². The van der Waals surface area contributed by atoms with Crippen LogP contribution in [0.2, 0.25) is 0 Å². The fourth-order valence-corrected chi connectivity index (χ4v) is 4.11. The van der Waals surface area contributed by atoms with Gasteiger partial charge in [0.2, 0.25) is 5.91 Å². The van der Waals surface area contributed by atoms with Gasteiger partial charge in [0, 0.05) is 37.9 Å². The van der Waals surface area contributed by atoms with Gasteiger partial charge in [-0.15, -0.1) is 0 Å². The van der Waals surface area contributed by atoms with Crippen LogP contribution in [0.3, 0.4) is 0 Å². The number of hydrogen-bond acceptors (Lipinski definition) is 5. The van der Waals surface area contributed by atoms with Crippen LogP contribution in [0.4, 0.5) is 5.82 Å². The summed E-state index contributed by atoms with van der Waals surface area (Å²) in [5.74, 6) is -0.341. The Bertz CT molecular complexity index is 834. The number of aromatic nitrogens is 2. The summed E-state index contributed by atoms with van der Waals surface area (Å²) in [6, 6.07) is 6.64. The molecule has 7 heteroatoms. The number of amides is 1. The molecule has 7 nitrogen and oxygen atoms in total. The van der Waals surface area contributed by atoms with Gasteiger partial charge in [-0.2, -0.15) is 0 Å². The summed E-state index contributed by atoms with van der Waals surface area (Å²) >= 11 is 0. The number of carbonyl (C=O) groups excluding carboxylic acids is 1. The molecule has 1 fully saturated rings. The van der Waals surface area contributed by atoms with Crippen molar-refractivity contribution in [2.24, 2.45) is 5.92 Å². The van der Waals surface area contributed by atoms with Gasteiger partial charge in [0.15, 0.2) is 6.04 Å². The minimum absolute atomic E-state index is 0.0456. The van der Waals surface area contributed by atoms with E-state index >= 15 is 0 Å². The SMILES string of the molecule is O=C(O)[C@H]1c2ccccc2CCN1C(=O)C1CCN(c2cnccn2)CC1. The topological polar surface area (TPSA) is 86.6 Å². The lowest BCUT2D eigenvalue weighted by atomic mass is 9.89. The van der Waals surface area contributed by atoms with Crippen molar-refractivity contribution in [1.29, 1.82) is 0 Å². The molecule has 0 saturated carbocycles. The minimum atomic E-state index is -0.965. The normalized spacial score (nSPS) is 20.2. The van der Waals surface area contributed by atoms with Crippen LogP contribution >= 0.6 is 0 Å². The van der Waals surface area contributed by atoms with Crippen LogP contribution < -0.4 is 4.90 Å². The molecule has 0 unspecified atom stereocenters. The van der Waals surface area contributed by atoms with E-state index in [-0.39, 0.29) is 11.8 Å². The maximum atomic E-state index is 13.1. The van der Waals surface area contributed by atoms with Crippen molar-refractivity contribution in [1.82, 2.24) is 14.9 Å². The van der Waals surface area contributed by atoms with Gasteiger partial charge < -0.3 is 14.9 Å². The number of piperidine rings is 1. The van der Waals surface area contributed by atoms with Crippen molar-refractivity contribution in [3.8, 4) is 0 Å². The lowest BCUT2D eigenvalue weighted by Crippen LogP contribution is -2.48. The highest BCUT2D eigenvalue weighted by atomic mass is 16.4. The Balaban J connectivity index is 1.48. The summed E-state index contributed by atoms with van der Waals surface area (Å²) in [5.41, 5.74) is 1.76. The quantitative estimate of drug-likeness (QED) is 0.893. The van der Waals surface area contributed by atoms with Crippen LogP contribution in [-0.4, -0.2) is 51.5 Å². The van der Waals surface area contributed by atoms with Crippen LogP contribution in [0.1, 0.15) is 30.0 Å². The first-order chi connectivity index (χ1) is 13.1. The molecule has 2 aliphatic rings. The molecule has 2 aliphatic heterocycles. The number of carboxylic acid groups (broad SMARTS) is 1. The van der Waals surface area contributed by atoms with Crippen molar-refractivity contribution in [3.63, 3.8) is 0 Å². The second-order valence-corrected chi connectivity index (χ2v) is 7.05. The number of carbonyl (C=O) groups is 2. The lowest BCUT2D eigenvalue weighted by molar-refractivity contribution is -0.153. The maximum Gasteiger partial charge on any atom is 0.331 e. The molecule has 1 saturated heterocycles. The van der Waals surface area contributed by atoms with Crippen LogP contribution in [0.5, 0.6) is 0 Å². The standard InChI is InChI=1S/C20H22N4O3/c25-19(15-5-10-23(11-6-15)17-13-21-8-9-22-17)24-12-7-14-3-1-2-4-16(14)18(24)20(26)27/h1-4,8-9,13,15,18H,5-7,10-12H2,(H,26,27)/t18-/m1/s1.